The Bertz CT molecular complexity index is 679. The van der Waals surface area contributed by atoms with Gasteiger partial charge in [0, 0.05) is 30.2 Å². The van der Waals surface area contributed by atoms with Gasteiger partial charge in [0.2, 0.25) is 0 Å². The third-order valence-corrected chi connectivity index (χ3v) is 2.80. The number of nitrogens with zero attached hydrogens (tertiary/aromatic N) is 3. The molecular formula is C12H8ClN3O. The van der Waals surface area contributed by atoms with E-state index in [0.29, 0.717) is 10.7 Å². The maximum Gasteiger partial charge on any atom is 0.155 e. The fourth-order valence-electron chi connectivity index (χ4n) is 1.74. The Labute approximate surface area is 102 Å². The van der Waals surface area contributed by atoms with E-state index < -0.39 is 0 Å². The fourth-order valence-corrected chi connectivity index (χ4v) is 1.97. The summed E-state index contributed by atoms with van der Waals surface area (Å²) >= 11 is 6.04. The molecular weight excluding hydrogens is 238 g/mol. The molecule has 0 aliphatic heterocycles. The van der Waals surface area contributed by atoms with Crippen LogP contribution in [0.5, 0.6) is 5.75 Å². The summed E-state index contributed by atoms with van der Waals surface area (Å²) in [6.07, 6.45) is 5.13. The van der Waals surface area contributed by atoms with Crippen LogP contribution in [0.25, 0.3) is 16.9 Å². The SMILES string of the molecule is Oc1ccn2c(-c3ccncc3)nc(Cl)c2c1. The molecule has 3 rings (SSSR count). The van der Waals surface area contributed by atoms with Gasteiger partial charge in [-0.15, -0.1) is 0 Å². The van der Waals surface area contributed by atoms with Gasteiger partial charge in [0.05, 0.1) is 5.52 Å². The largest absolute Gasteiger partial charge is 0.508 e. The number of hydrogen-bond donors (Lipinski definition) is 1. The Morgan fingerprint density at radius 3 is 2.71 bits per heavy atom. The van der Waals surface area contributed by atoms with Gasteiger partial charge in [0.1, 0.15) is 11.6 Å². The molecule has 0 aliphatic rings. The van der Waals surface area contributed by atoms with Gasteiger partial charge in [-0.2, -0.15) is 0 Å². The first-order valence-corrected chi connectivity index (χ1v) is 5.40. The van der Waals surface area contributed by atoms with Crippen LogP contribution in [0.15, 0.2) is 42.9 Å². The predicted octanol–water partition coefficient (Wildman–Crippen LogP) is 2.76. The van der Waals surface area contributed by atoms with E-state index in [2.05, 4.69) is 9.97 Å². The molecule has 17 heavy (non-hydrogen) atoms. The molecule has 0 saturated carbocycles. The molecule has 84 valence electrons. The number of hydrogen-bond acceptors (Lipinski definition) is 3. The maximum absolute atomic E-state index is 9.42. The minimum absolute atomic E-state index is 0.167. The number of aromatic nitrogens is 3. The van der Waals surface area contributed by atoms with E-state index in [1.165, 1.54) is 0 Å². The summed E-state index contributed by atoms with van der Waals surface area (Å²) in [6, 6.07) is 6.89. The molecule has 5 heteroatoms. The smallest absolute Gasteiger partial charge is 0.155 e. The average Bonchev–Trinajstić information content (AvgIpc) is 2.68. The van der Waals surface area contributed by atoms with Crippen LogP contribution in [-0.4, -0.2) is 19.5 Å². The van der Waals surface area contributed by atoms with Crippen LogP contribution in [-0.2, 0) is 0 Å². The van der Waals surface area contributed by atoms with Crippen LogP contribution in [0.4, 0.5) is 0 Å². The minimum Gasteiger partial charge on any atom is -0.508 e. The molecule has 3 aromatic heterocycles. The zero-order chi connectivity index (χ0) is 11.8. The number of pyridine rings is 2. The van der Waals surface area contributed by atoms with Crippen molar-refractivity contribution in [2.75, 3.05) is 0 Å². The molecule has 0 amide bonds. The molecule has 0 aliphatic carbocycles. The maximum atomic E-state index is 9.42. The highest BCUT2D eigenvalue weighted by molar-refractivity contribution is 6.33. The standard InChI is InChI=1S/C12H8ClN3O/c13-11-10-7-9(17)3-6-16(10)12(15-11)8-1-4-14-5-2-8/h1-7,17H. The highest BCUT2D eigenvalue weighted by Crippen LogP contribution is 2.27. The van der Waals surface area contributed by atoms with Crippen molar-refractivity contribution in [3.05, 3.63) is 48.0 Å². The van der Waals surface area contributed by atoms with Gasteiger partial charge in [-0.1, -0.05) is 11.6 Å². The Balaban J connectivity index is 2.32. The Hall–Kier alpha value is -2.07. The quantitative estimate of drug-likeness (QED) is 0.717. The van der Waals surface area contributed by atoms with Gasteiger partial charge < -0.3 is 5.11 Å². The average molecular weight is 246 g/mol. The number of fused-ring (bicyclic) bond motifs is 1. The predicted molar refractivity (Wildman–Crippen MR) is 65.1 cm³/mol. The van der Waals surface area contributed by atoms with Crippen molar-refractivity contribution < 1.29 is 5.11 Å². The van der Waals surface area contributed by atoms with Crippen molar-refractivity contribution in [2.45, 2.75) is 0 Å². The van der Waals surface area contributed by atoms with Gasteiger partial charge in [-0.05, 0) is 18.2 Å². The molecule has 1 N–H and O–H groups in total. The Morgan fingerprint density at radius 2 is 1.94 bits per heavy atom. The number of aromatic hydroxyl groups is 1. The molecule has 0 fully saturated rings. The summed E-state index contributed by atoms with van der Waals surface area (Å²) in [4.78, 5) is 8.25. The minimum atomic E-state index is 0.167. The molecule has 0 bridgehead atoms. The van der Waals surface area contributed by atoms with Crippen LogP contribution in [0, 0.1) is 0 Å². The number of halogens is 1. The van der Waals surface area contributed by atoms with Gasteiger partial charge in [0.25, 0.3) is 0 Å². The molecule has 0 saturated heterocycles. The third kappa shape index (κ3) is 1.62. The number of imidazole rings is 1. The monoisotopic (exact) mass is 245 g/mol. The van der Waals surface area contributed by atoms with Crippen molar-refractivity contribution in [1.82, 2.24) is 14.4 Å². The van der Waals surface area contributed by atoms with Gasteiger partial charge >= 0.3 is 0 Å². The van der Waals surface area contributed by atoms with E-state index in [1.54, 1.807) is 30.7 Å². The van der Waals surface area contributed by atoms with Crippen LogP contribution in [0.3, 0.4) is 0 Å². The molecule has 3 heterocycles. The lowest BCUT2D eigenvalue weighted by atomic mass is 10.2. The third-order valence-electron chi connectivity index (χ3n) is 2.52. The van der Waals surface area contributed by atoms with Gasteiger partial charge in [0.15, 0.2) is 5.15 Å². The topological polar surface area (TPSA) is 50.4 Å². The zero-order valence-electron chi connectivity index (χ0n) is 8.71. The van der Waals surface area contributed by atoms with Crippen molar-refractivity contribution in [3.8, 4) is 17.1 Å². The van der Waals surface area contributed by atoms with E-state index in [1.807, 2.05) is 16.5 Å². The lowest BCUT2D eigenvalue weighted by molar-refractivity contribution is 0.475. The first-order valence-electron chi connectivity index (χ1n) is 5.02. The Morgan fingerprint density at radius 1 is 1.18 bits per heavy atom. The second kappa shape index (κ2) is 3.75. The highest BCUT2D eigenvalue weighted by Gasteiger charge is 2.11. The highest BCUT2D eigenvalue weighted by atomic mass is 35.5. The molecule has 3 aromatic rings. The molecule has 4 nitrogen and oxygen atoms in total. The van der Waals surface area contributed by atoms with E-state index in [-0.39, 0.29) is 5.75 Å². The molecule has 0 spiro atoms. The summed E-state index contributed by atoms with van der Waals surface area (Å²) in [5.41, 5.74) is 1.60. The second-order valence-electron chi connectivity index (χ2n) is 3.60. The summed E-state index contributed by atoms with van der Waals surface area (Å²) in [5, 5.41) is 9.79. The first kappa shape index (κ1) is 10.1. The fraction of sp³-hybridized carbons (Fsp3) is 0. The lowest BCUT2D eigenvalue weighted by Crippen LogP contribution is -1.88. The van der Waals surface area contributed by atoms with Gasteiger partial charge in [-0.3, -0.25) is 9.38 Å². The summed E-state index contributed by atoms with van der Waals surface area (Å²) in [7, 11) is 0. The van der Waals surface area contributed by atoms with E-state index in [4.69, 9.17) is 11.6 Å². The number of rotatable bonds is 1. The second-order valence-corrected chi connectivity index (χ2v) is 3.96. The van der Waals surface area contributed by atoms with E-state index >= 15 is 0 Å². The van der Waals surface area contributed by atoms with Crippen molar-refractivity contribution in [3.63, 3.8) is 0 Å². The summed E-state index contributed by atoms with van der Waals surface area (Å²) in [6.45, 7) is 0. The first-order chi connectivity index (χ1) is 8.25. The summed E-state index contributed by atoms with van der Waals surface area (Å²) in [5.74, 6) is 0.896. The van der Waals surface area contributed by atoms with Gasteiger partial charge in [-0.25, -0.2) is 4.98 Å². The Kier molecular flexibility index (Phi) is 2.23. The van der Waals surface area contributed by atoms with Crippen molar-refractivity contribution in [1.29, 1.82) is 0 Å². The normalized spacial score (nSPS) is 10.9. The van der Waals surface area contributed by atoms with E-state index in [9.17, 15) is 5.11 Å². The zero-order valence-corrected chi connectivity index (χ0v) is 9.46. The van der Waals surface area contributed by atoms with Crippen molar-refractivity contribution in [2.24, 2.45) is 0 Å². The molecule has 0 aromatic carbocycles. The van der Waals surface area contributed by atoms with Crippen LogP contribution in [0.2, 0.25) is 5.15 Å². The summed E-state index contributed by atoms with van der Waals surface area (Å²) < 4.78 is 1.83. The lowest BCUT2D eigenvalue weighted by Gasteiger charge is -2.00. The molecule has 0 atom stereocenters. The van der Waals surface area contributed by atoms with Crippen molar-refractivity contribution >= 4 is 17.1 Å². The molecule has 0 unspecified atom stereocenters. The van der Waals surface area contributed by atoms with Crippen LogP contribution in [0.1, 0.15) is 0 Å². The van der Waals surface area contributed by atoms with Crippen LogP contribution < -0.4 is 0 Å². The molecule has 0 radical (unpaired) electrons. The van der Waals surface area contributed by atoms with E-state index in [0.717, 1.165) is 11.4 Å². The van der Waals surface area contributed by atoms with Crippen LogP contribution >= 0.6 is 11.6 Å².